The van der Waals surface area contributed by atoms with Crippen molar-refractivity contribution in [3.63, 3.8) is 0 Å². The number of aryl methyl sites for hydroxylation is 2. The summed E-state index contributed by atoms with van der Waals surface area (Å²) < 4.78 is 0. The Kier molecular flexibility index (Phi) is 2.92. The molecule has 1 aromatic rings. The molecule has 0 aromatic heterocycles. The largest absolute Gasteiger partial charge is 0.329 e. The molecule has 1 fully saturated rings. The van der Waals surface area contributed by atoms with Crippen molar-refractivity contribution in [2.45, 2.75) is 20.4 Å². The van der Waals surface area contributed by atoms with Crippen LogP contribution in [0.25, 0.3) is 0 Å². The Bertz CT molecular complexity index is 460. The molecule has 86 valence electrons. The summed E-state index contributed by atoms with van der Waals surface area (Å²) in [5.41, 5.74) is 3.60. The number of benzene rings is 1. The number of imide groups is 1. The van der Waals surface area contributed by atoms with Crippen LogP contribution in [0.3, 0.4) is 0 Å². The second kappa shape index (κ2) is 4.24. The van der Waals surface area contributed by atoms with E-state index >= 15 is 0 Å². The molecule has 3 amide bonds. The molecule has 1 heterocycles. The van der Waals surface area contributed by atoms with Gasteiger partial charge in [-0.2, -0.15) is 0 Å². The summed E-state index contributed by atoms with van der Waals surface area (Å²) in [5, 5.41) is 2.49. The van der Waals surface area contributed by atoms with Crippen molar-refractivity contribution in [1.82, 2.24) is 10.2 Å². The van der Waals surface area contributed by atoms with Crippen LogP contribution in [0.2, 0.25) is 0 Å². The molecule has 0 spiro atoms. The van der Waals surface area contributed by atoms with Crippen LogP contribution in [-0.2, 0) is 11.3 Å². The average molecular weight is 228 g/mol. The van der Waals surface area contributed by atoms with Crippen molar-refractivity contribution < 1.29 is 9.59 Å². The lowest BCUT2D eigenvalue weighted by Crippen LogP contribution is -2.30. The number of nitrogens with zero attached hydrogens (tertiary/aromatic N) is 1. The molecule has 0 saturated carbocycles. The highest BCUT2D eigenvalue weighted by molar-refractivity contribution is 6.34. The van der Waals surface area contributed by atoms with E-state index in [1.165, 1.54) is 4.90 Å². The van der Waals surface area contributed by atoms with Gasteiger partial charge < -0.3 is 5.32 Å². The minimum atomic E-state index is -0.331. The van der Waals surface area contributed by atoms with Gasteiger partial charge in [-0.25, -0.2) is 4.79 Å². The van der Waals surface area contributed by atoms with Crippen LogP contribution < -0.4 is 10.8 Å². The molecule has 1 N–H and O–H groups in total. The molecular weight excluding hydrogens is 215 g/mol. The Labute approximate surface area is 101 Å². The highest BCUT2D eigenvalue weighted by atomic mass is 16.2. The predicted molar refractivity (Wildman–Crippen MR) is 65.3 cm³/mol. The van der Waals surface area contributed by atoms with Crippen molar-refractivity contribution in [2.75, 3.05) is 6.54 Å². The van der Waals surface area contributed by atoms with E-state index in [4.69, 9.17) is 7.85 Å². The van der Waals surface area contributed by atoms with Gasteiger partial charge in [-0.05, 0) is 19.4 Å². The van der Waals surface area contributed by atoms with Gasteiger partial charge in [0, 0.05) is 0 Å². The van der Waals surface area contributed by atoms with Crippen molar-refractivity contribution >= 4 is 25.2 Å². The molecule has 0 bridgehead atoms. The lowest BCUT2D eigenvalue weighted by atomic mass is 9.85. The van der Waals surface area contributed by atoms with E-state index in [0.29, 0.717) is 6.54 Å². The molecule has 4 nitrogen and oxygen atoms in total. The minimum absolute atomic E-state index is 0.0891. The Morgan fingerprint density at radius 1 is 1.29 bits per heavy atom. The maximum atomic E-state index is 11.4. The highest BCUT2D eigenvalue weighted by Gasteiger charge is 2.28. The number of hydrogen-bond donors (Lipinski definition) is 1. The summed E-state index contributed by atoms with van der Waals surface area (Å²) in [6.45, 7) is 4.22. The van der Waals surface area contributed by atoms with Crippen molar-refractivity contribution in [1.29, 1.82) is 0 Å². The Balaban J connectivity index is 2.25. The zero-order valence-electron chi connectivity index (χ0n) is 9.91. The normalized spacial score (nSPS) is 15.3. The second-order valence-electron chi connectivity index (χ2n) is 4.28. The first-order valence-electron chi connectivity index (χ1n) is 5.43. The third-order valence-electron chi connectivity index (χ3n) is 2.93. The van der Waals surface area contributed by atoms with Crippen LogP contribution in [0.4, 0.5) is 4.79 Å². The van der Waals surface area contributed by atoms with Gasteiger partial charge in [0.2, 0.25) is 5.91 Å². The molecule has 0 aliphatic carbocycles. The van der Waals surface area contributed by atoms with Gasteiger partial charge in [0.05, 0.1) is 13.1 Å². The van der Waals surface area contributed by atoms with Crippen LogP contribution in [-0.4, -0.2) is 31.2 Å². The van der Waals surface area contributed by atoms with Gasteiger partial charge in [0.15, 0.2) is 0 Å². The zero-order valence-corrected chi connectivity index (χ0v) is 9.91. The Morgan fingerprint density at radius 3 is 2.35 bits per heavy atom. The maximum Gasteiger partial charge on any atom is 0.324 e. The van der Waals surface area contributed by atoms with Gasteiger partial charge in [0.25, 0.3) is 0 Å². The van der Waals surface area contributed by atoms with Crippen LogP contribution in [0, 0.1) is 13.8 Å². The van der Waals surface area contributed by atoms with Crippen molar-refractivity contribution in [3.05, 3.63) is 28.8 Å². The van der Waals surface area contributed by atoms with E-state index in [2.05, 4.69) is 5.32 Å². The molecular formula is C12H13BN2O2. The Morgan fingerprint density at radius 2 is 1.88 bits per heavy atom. The fraction of sp³-hybridized carbons (Fsp3) is 0.333. The zero-order chi connectivity index (χ0) is 12.6. The number of nitrogens with one attached hydrogen (secondary N) is 1. The van der Waals surface area contributed by atoms with Gasteiger partial charge in [-0.3, -0.25) is 9.69 Å². The van der Waals surface area contributed by atoms with E-state index in [-0.39, 0.29) is 18.5 Å². The molecule has 1 aliphatic rings. The van der Waals surface area contributed by atoms with E-state index in [1.807, 2.05) is 26.0 Å². The molecule has 0 atom stereocenters. The van der Waals surface area contributed by atoms with Crippen LogP contribution >= 0.6 is 0 Å². The number of carbonyl (C=O) groups is 2. The average Bonchev–Trinajstić information content (AvgIpc) is 2.57. The molecule has 0 unspecified atom stereocenters. The predicted octanol–water partition coefficient (Wildman–Crippen LogP) is 0.149. The van der Waals surface area contributed by atoms with Gasteiger partial charge in [0.1, 0.15) is 7.85 Å². The van der Waals surface area contributed by atoms with Crippen molar-refractivity contribution in [2.24, 2.45) is 0 Å². The first-order valence-corrected chi connectivity index (χ1v) is 5.43. The maximum absolute atomic E-state index is 11.4. The van der Waals surface area contributed by atoms with E-state index < -0.39 is 0 Å². The number of urea groups is 1. The van der Waals surface area contributed by atoms with E-state index in [0.717, 1.165) is 22.2 Å². The quantitative estimate of drug-likeness (QED) is 0.578. The van der Waals surface area contributed by atoms with E-state index in [1.54, 1.807) is 0 Å². The summed E-state index contributed by atoms with van der Waals surface area (Å²) >= 11 is 0. The molecule has 1 aliphatic heterocycles. The van der Waals surface area contributed by atoms with Gasteiger partial charge in [-0.15, -0.1) is 0 Å². The molecule has 1 saturated heterocycles. The summed E-state index contributed by atoms with van der Waals surface area (Å²) in [7, 11) is 5.85. The third-order valence-corrected chi connectivity index (χ3v) is 2.93. The second-order valence-corrected chi connectivity index (χ2v) is 4.28. The SMILES string of the molecule is [B]c1c(C)cc(CN2C(=O)CNC2=O)cc1C. The topological polar surface area (TPSA) is 49.4 Å². The third kappa shape index (κ3) is 2.18. The first-order chi connectivity index (χ1) is 7.99. The minimum Gasteiger partial charge on any atom is -0.329 e. The van der Waals surface area contributed by atoms with Crippen LogP contribution in [0.15, 0.2) is 12.1 Å². The number of amides is 3. The van der Waals surface area contributed by atoms with Crippen LogP contribution in [0.1, 0.15) is 16.7 Å². The van der Waals surface area contributed by atoms with Gasteiger partial charge >= 0.3 is 6.03 Å². The summed E-state index contributed by atoms with van der Waals surface area (Å²) in [5.74, 6) is -0.192. The summed E-state index contributed by atoms with van der Waals surface area (Å²) in [4.78, 5) is 24.1. The first kappa shape index (κ1) is 11.7. The van der Waals surface area contributed by atoms with Gasteiger partial charge in [-0.1, -0.05) is 28.7 Å². The van der Waals surface area contributed by atoms with Crippen molar-refractivity contribution in [3.8, 4) is 0 Å². The lowest BCUT2D eigenvalue weighted by Gasteiger charge is -2.15. The molecule has 2 radical (unpaired) electrons. The standard InChI is InChI=1S/C12H13BN2O2/c1-7-3-9(4-8(2)11(7)13)6-15-10(16)5-14-12(15)17/h3-4H,5-6H2,1-2H3,(H,14,17). The lowest BCUT2D eigenvalue weighted by molar-refractivity contribution is -0.125. The summed E-state index contributed by atoms with van der Waals surface area (Å²) in [6.07, 6.45) is 0. The number of carbonyl (C=O) groups excluding carboxylic acids is 2. The molecule has 5 heteroatoms. The fourth-order valence-electron chi connectivity index (χ4n) is 1.95. The van der Waals surface area contributed by atoms with E-state index in [9.17, 15) is 9.59 Å². The Hall–Kier alpha value is -1.78. The summed E-state index contributed by atoms with van der Waals surface area (Å²) in [6, 6.07) is 3.48. The van der Waals surface area contributed by atoms with Crippen LogP contribution in [0.5, 0.6) is 0 Å². The highest BCUT2D eigenvalue weighted by Crippen LogP contribution is 2.11. The molecule has 17 heavy (non-hydrogen) atoms. The smallest absolute Gasteiger partial charge is 0.324 e. The molecule has 1 aromatic carbocycles. The molecule has 2 rings (SSSR count). The fourth-order valence-corrected chi connectivity index (χ4v) is 1.95. The monoisotopic (exact) mass is 228 g/mol. The number of hydrogen-bond acceptors (Lipinski definition) is 2. The number of rotatable bonds is 2.